The Morgan fingerprint density at radius 2 is 1.24 bits per heavy atom. The minimum absolute atomic E-state index is 0.0892. The summed E-state index contributed by atoms with van der Waals surface area (Å²) in [5, 5.41) is 0. The summed E-state index contributed by atoms with van der Waals surface area (Å²) in [5.74, 6) is -1.63. The van der Waals surface area contributed by atoms with Gasteiger partial charge in [0.2, 0.25) is 0 Å². The van der Waals surface area contributed by atoms with Gasteiger partial charge in [0.05, 0.1) is 0 Å². The summed E-state index contributed by atoms with van der Waals surface area (Å²) in [6.45, 7) is 5.42. The molecule has 0 N–H and O–H groups in total. The summed E-state index contributed by atoms with van der Waals surface area (Å²) >= 11 is 0. The Morgan fingerprint density at radius 1 is 0.758 bits per heavy atom. The number of hydrogen-bond donors (Lipinski definition) is 0. The second-order valence-electron chi connectivity index (χ2n) is 10.6. The van der Waals surface area contributed by atoms with Crippen LogP contribution in [-0.2, 0) is 33.2 Å². The largest absolute Gasteiger partial charge is 0.459 e. The van der Waals surface area contributed by atoms with Crippen molar-refractivity contribution >= 4 is 5.97 Å². The number of fused-ring (bicyclic) bond motifs is 3. The third-order valence-electron chi connectivity index (χ3n) is 7.93. The molecule has 3 aliphatic heterocycles. The van der Waals surface area contributed by atoms with Gasteiger partial charge in [-0.15, -0.1) is 0 Å². The first kappa shape index (κ1) is 23.7. The van der Waals surface area contributed by atoms with Gasteiger partial charge in [-0.2, -0.15) is 0 Å². The normalized spacial score (nSPS) is 37.9. The Labute approximate surface area is 197 Å². The standard InChI is InChI=1S/C26H40O7/c1-18(2)23(27)28-17-19-20-21(31-25(30-20)13-9-5-3-6-10-14-25)22-24(29-19)33-26(32-22)15-11-7-4-8-12-16-26/h19-22,24H,1,3-17H2,2H3/t19-,20+,21+,22-,24-/m1/s1. The van der Waals surface area contributed by atoms with Crippen molar-refractivity contribution in [3.63, 3.8) is 0 Å². The summed E-state index contributed by atoms with van der Waals surface area (Å²) in [6.07, 6.45) is 13.3. The summed E-state index contributed by atoms with van der Waals surface area (Å²) in [6, 6.07) is 0. The van der Waals surface area contributed by atoms with Crippen molar-refractivity contribution in [2.24, 2.45) is 0 Å². The highest BCUT2D eigenvalue weighted by atomic mass is 16.9. The minimum Gasteiger partial charge on any atom is -0.459 e. The van der Waals surface area contributed by atoms with E-state index in [9.17, 15) is 4.79 Å². The second-order valence-corrected chi connectivity index (χ2v) is 10.6. The zero-order valence-electron chi connectivity index (χ0n) is 20.1. The molecule has 7 heteroatoms. The zero-order valence-corrected chi connectivity index (χ0v) is 20.1. The Bertz CT molecular complexity index is 705. The van der Waals surface area contributed by atoms with Crippen LogP contribution in [0.5, 0.6) is 0 Å². The molecule has 3 saturated heterocycles. The van der Waals surface area contributed by atoms with Gasteiger partial charge < -0.3 is 28.4 Å². The molecule has 0 unspecified atom stereocenters. The lowest BCUT2D eigenvalue weighted by atomic mass is 9.95. The molecule has 5 rings (SSSR count). The van der Waals surface area contributed by atoms with E-state index >= 15 is 0 Å². The lowest BCUT2D eigenvalue weighted by molar-refractivity contribution is -0.253. The van der Waals surface area contributed by atoms with Crippen LogP contribution >= 0.6 is 0 Å². The molecular formula is C26H40O7. The Balaban J connectivity index is 1.36. The maximum atomic E-state index is 12.1. The van der Waals surface area contributed by atoms with Crippen LogP contribution in [0.2, 0.25) is 0 Å². The highest BCUT2D eigenvalue weighted by Gasteiger charge is 2.63. The van der Waals surface area contributed by atoms with Crippen LogP contribution in [0, 0.1) is 0 Å². The Hall–Kier alpha value is -0.990. The van der Waals surface area contributed by atoms with Crippen LogP contribution in [0.4, 0.5) is 0 Å². The molecule has 5 fully saturated rings. The Morgan fingerprint density at radius 3 is 1.82 bits per heavy atom. The van der Waals surface area contributed by atoms with E-state index in [1.165, 1.54) is 38.5 Å². The molecule has 5 atom stereocenters. The molecular weight excluding hydrogens is 424 g/mol. The van der Waals surface area contributed by atoms with Gasteiger partial charge in [0.25, 0.3) is 0 Å². The van der Waals surface area contributed by atoms with Crippen LogP contribution in [0.1, 0.15) is 96.8 Å². The first-order valence-corrected chi connectivity index (χ1v) is 13.2. The molecule has 0 amide bonds. The van der Waals surface area contributed by atoms with Crippen molar-refractivity contribution in [1.82, 2.24) is 0 Å². The van der Waals surface area contributed by atoms with Crippen molar-refractivity contribution in [2.45, 2.75) is 139 Å². The number of esters is 1. The summed E-state index contributed by atoms with van der Waals surface area (Å²) in [7, 11) is 0. The van der Waals surface area contributed by atoms with Crippen molar-refractivity contribution in [3.05, 3.63) is 12.2 Å². The average molecular weight is 465 g/mol. The smallest absolute Gasteiger partial charge is 0.333 e. The van der Waals surface area contributed by atoms with E-state index in [1.807, 2.05) is 0 Å². The molecule has 186 valence electrons. The molecule has 7 nitrogen and oxygen atoms in total. The summed E-state index contributed by atoms with van der Waals surface area (Å²) in [5.41, 5.74) is 0.370. The minimum atomic E-state index is -0.608. The van der Waals surface area contributed by atoms with Crippen molar-refractivity contribution in [2.75, 3.05) is 6.61 Å². The predicted molar refractivity (Wildman–Crippen MR) is 120 cm³/mol. The maximum Gasteiger partial charge on any atom is 0.333 e. The second kappa shape index (κ2) is 9.94. The molecule has 0 aromatic carbocycles. The molecule has 0 aromatic heterocycles. The van der Waals surface area contributed by atoms with Crippen LogP contribution < -0.4 is 0 Å². The highest BCUT2D eigenvalue weighted by molar-refractivity contribution is 5.86. The summed E-state index contributed by atoms with van der Waals surface area (Å²) < 4.78 is 38.5. The zero-order chi connectivity index (χ0) is 22.9. The maximum absolute atomic E-state index is 12.1. The quantitative estimate of drug-likeness (QED) is 0.434. The van der Waals surface area contributed by atoms with Crippen LogP contribution in [0.25, 0.3) is 0 Å². The summed E-state index contributed by atoms with van der Waals surface area (Å²) in [4.78, 5) is 12.1. The molecule has 2 aliphatic carbocycles. The first-order valence-electron chi connectivity index (χ1n) is 13.2. The van der Waals surface area contributed by atoms with Gasteiger partial charge in [-0.1, -0.05) is 45.1 Å². The van der Waals surface area contributed by atoms with Crippen LogP contribution in [-0.4, -0.2) is 54.9 Å². The topological polar surface area (TPSA) is 72.5 Å². The predicted octanol–water partition coefficient (Wildman–Crippen LogP) is 4.91. The van der Waals surface area contributed by atoms with Gasteiger partial charge >= 0.3 is 5.97 Å². The molecule has 3 heterocycles. The van der Waals surface area contributed by atoms with Crippen LogP contribution in [0.3, 0.4) is 0 Å². The van der Waals surface area contributed by atoms with Gasteiger partial charge in [-0.25, -0.2) is 4.79 Å². The van der Waals surface area contributed by atoms with Crippen molar-refractivity contribution in [1.29, 1.82) is 0 Å². The fourth-order valence-corrected chi connectivity index (χ4v) is 6.16. The van der Waals surface area contributed by atoms with Crippen LogP contribution in [0.15, 0.2) is 12.2 Å². The number of rotatable bonds is 3. The van der Waals surface area contributed by atoms with Gasteiger partial charge in [-0.3, -0.25) is 0 Å². The van der Waals surface area contributed by atoms with Crippen molar-refractivity contribution < 1.29 is 33.2 Å². The number of hydrogen-bond acceptors (Lipinski definition) is 7. The van der Waals surface area contributed by atoms with Crippen molar-refractivity contribution in [3.8, 4) is 0 Å². The molecule has 0 radical (unpaired) electrons. The fraction of sp³-hybridized carbons (Fsp3) is 0.885. The molecule has 5 aliphatic rings. The SMILES string of the molecule is C=C(C)C(=O)OC[C@H]1O[C@@H]2OC3(CCCCCCC3)O[C@@H]2[C@H]2OC3(CCCCCCC3)O[C@H]21. The van der Waals surface area contributed by atoms with Gasteiger partial charge in [0, 0.05) is 31.3 Å². The molecule has 0 aromatic rings. The fourth-order valence-electron chi connectivity index (χ4n) is 6.16. The number of carbonyl (C=O) groups is 1. The molecule has 2 saturated carbocycles. The average Bonchev–Trinajstić information content (AvgIpc) is 3.32. The van der Waals surface area contributed by atoms with E-state index in [1.54, 1.807) is 6.92 Å². The first-order chi connectivity index (χ1) is 16.0. The van der Waals surface area contributed by atoms with E-state index in [2.05, 4.69) is 6.58 Å². The highest BCUT2D eigenvalue weighted by Crippen LogP contribution is 2.50. The molecule has 33 heavy (non-hydrogen) atoms. The van der Waals surface area contributed by atoms with Gasteiger partial charge in [0.1, 0.15) is 31.0 Å². The third kappa shape index (κ3) is 5.03. The molecule has 2 spiro atoms. The number of carbonyl (C=O) groups excluding carboxylic acids is 1. The lowest BCUT2D eigenvalue weighted by Crippen LogP contribution is -2.56. The van der Waals surface area contributed by atoms with E-state index in [0.717, 1.165) is 51.4 Å². The van der Waals surface area contributed by atoms with Gasteiger partial charge in [0.15, 0.2) is 17.9 Å². The monoisotopic (exact) mass is 464 g/mol. The third-order valence-corrected chi connectivity index (χ3v) is 7.93. The van der Waals surface area contributed by atoms with E-state index in [0.29, 0.717) is 5.57 Å². The van der Waals surface area contributed by atoms with E-state index in [-0.39, 0.29) is 24.9 Å². The van der Waals surface area contributed by atoms with Gasteiger partial charge in [-0.05, 0) is 32.6 Å². The Kier molecular flexibility index (Phi) is 7.15. The number of ether oxygens (including phenoxy) is 6. The van der Waals surface area contributed by atoms with E-state index < -0.39 is 29.9 Å². The molecule has 0 bridgehead atoms. The van der Waals surface area contributed by atoms with E-state index in [4.69, 9.17) is 28.4 Å². The lowest BCUT2D eigenvalue weighted by Gasteiger charge is -2.36.